The minimum absolute atomic E-state index is 0.0958. The molecule has 2 N–H and O–H groups in total. The summed E-state index contributed by atoms with van der Waals surface area (Å²) < 4.78 is 0. The van der Waals surface area contributed by atoms with Crippen LogP contribution in [0, 0.1) is 0 Å². The fraction of sp³-hybridized carbons (Fsp3) is 0.118. The van der Waals surface area contributed by atoms with Crippen molar-refractivity contribution >= 4 is 45.9 Å². The number of nitrogens with zero attached hydrogens (tertiary/aromatic N) is 2. The van der Waals surface area contributed by atoms with Gasteiger partial charge in [0.25, 0.3) is 5.91 Å². The van der Waals surface area contributed by atoms with E-state index in [0.29, 0.717) is 10.8 Å². The normalized spacial score (nSPS) is 11.4. The molecule has 0 saturated heterocycles. The lowest BCUT2D eigenvalue weighted by molar-refractivity contribution is -0.115. The molecule has 0 atom stereocenters. The zero-order valence-corrected chi connectivity index (χ0v) is 14.1. The number of azo groups is 1. The third kappa shape index (κ3) is 3.96. The van der Waals surface area contributed by atoms with E-state index in [0.717, 1.165) is 16.5 Å². The molecule has 0 aliphatic rings. The highest BCUT2D eigenvalue weighted by Crippen LogP contribution is 2.35. The number of para-hydroxylation sites is 1. The summed E-state index contributed by atoms with van der Waals surface area (Å²) in [5.74, 6) is 0.464. The van der Waals surface area contributed by atoms with Crippen molar-refractivity contribution in [3.05, 3.63) is 59.1 Å². The molecule has 24 heavy (non-hydrogen) atoms. The molecule has 0 bridgehead atoms. The first kappa shape index (κ1) is 16.5. The van der Waals surface area contributed by atoms with Gasteiger partial charge in [-0.15, -0.1) is 22.0 Å². The fourth-order valence-corrected chi connectivity index (χ4v) is 3.07. The number of fused-ring (bicyclic) bond motifs is 1. The van der Waals surface area contributed by atoms with Crippen LogP contribution in [0.25, 0.3) is 10.9 Å². The molecule has 2 aromatic carbocycles. The molecule has 0 radical (unpaired) electrons. The zero-order chi connectivity index (χ0) is 16.9. The van der Waals surface area contributed by atoms with Crippen LogP contribution in [0.2, 0.25) is 5.02 Å². The SMILES string of the molecule is O=C(CSCc1ccc(Cl)cc1)N=Nc1c(O)[nH]c2ccccc12. The van der Waals surface area contributed by atoms with Crippen molar-refractivity contribution in [2.45, 2.75) is 5.75 Å². The van der Waals surface area contributed by atoms with Crippen LogP contribution in [0.5, 0.6) is 5.88 Å². The second-order valence-electron chi connectivity index (χ2n) is 5.08. The monoisotopic (exact) mass is 359 g/mol. The number of hydrogen-bond donors (Lipinski definition) is 2. The molecule has 0 aliphatic heterocycles. The van der Waals surface area contributed by atoms with Gasteiger partial charge in [-0.1, -0.05) is 41.9 Å². The van der Waals surface area contributed by atoms with Crippen molar-refractivity contribution in [1.29, 1.82) is 0 Å². The first-order chi connectivity index (χ1) is 11.6. The van der Waals surface area contributed by atoms with Gasteiger partial charge in [0.1, 0.15) is 0 Å². The predicted octanol–water partition coefficient (Wildman–Crippen LogP) is 5.07. The predicted molar refractivity (Wildman–Crippen MR) is 97.1 cm³/mol. The average molecular weight is 360 g/mol. The van der Waals surface area contributed by atoms with E-state index in [1.54, 1.807) is 6.07 Å². The minimum atomic E-state index is -0.348. The molecule has 1 amide bonds. The molecule has 0 spiro atoms. The highest BCUT2D eigenvalue weighted by atomic mass is 35.5. The Labute approximate surface area is 147 Å². The van der Waals surface area contributed by atoms with Crippen LogP contribution in [0.4, 0.5) is 5.69 Å². The largest absolute Gasteiger partial charge is 0.493 e. The number of thioether (sulfide) groups is 1. The molecule has 3 aromatic rings. The van der Waals surface area contributed by atoms with Crippen LogP contribution >= 0.6 is 23.4 Å². The molecule has 122 valence electrons. The Balaban J connectivity index is 1.58. The van der Waals surface area contributed by atoms with Crippen LogP contribution in [0.1, 0.15) is 5.56 Å². The van der Waals surface area contributed by atoms with Gasteiger partial charge in [0.05, 0.1) is 11.3 Å². The van der Waals surface area contributed by atoms with Crippen molar-refractivity contribution in [3.63, 3.8) is 0 Å². The van der Waals surface area contributed by atoms with Gasteiger partial charge in [0.2, 0.25) is 5.88 Å². The molecule has 0 unspecified atom stereocenters. The maximum Gasteiger partial charge on any atom is 0.274 e. The standard InChI is InChI=1S/C17H14ClN3O2S/c18-12-7-5-11(6-8-12)9-24-10-15(22)20-21-16-13-3-1-2-4-14(13)19-17(16)23/h1-8,19,23H,9-10H2. The number of amides is 1. The summed E-state index contributed by atoms with van der Waals surface area (Å²) in [6.07, 6.45) is 0. The third-order valence-electron chi connectivity index (χ3n) is 3.33. The Bertz CT molecular complexity index is 890. The molecule has 0 fully saturated rings. The summed E-state index contributed by atoms with van der Waals surface area (Å²) in [5, 5.41) is 18.8. The Kier molecular flexibility index (Phi) is 5.17. The molecular formula is C17H14ClN3O2S. The smallest absolute Gasteiger partial charge is 0.274 e. The van der Waals surface area contributed by atoms with Crippen LogP contribution in [-0.4, -0.2) is 21.8 Å². The van der Waals surface area contributed by atoms with Gasteiger partial charge in [0, 0.05) is 16.2 Å². The molecule has 0 saturated carbocycles. The highest BCUT2D eigenvalue weighted by Gasteiger charge is 2.10. The molecule has 5 nitrogen and oxygen atoms in total. The fourth-order valence-electron chi connectivity index (χ4n) is 2.19. The van der Waals surface area contributed by atoms with E-state index in [2.05, 4.69) is 15.2 Å². The number of carbonyl (C=O) groups excluding carboxylic acids is 1. The molecule has 3 rings (SSSR count). The third-order valence-corrected chi connectivity index (χ3v) is 4.57. The van der Waals surface area contributed by atoms with Crippen LogP contribution in [-0.2, 0) is 10.5 Å². The van der Waals surface area contributed by atoms with E-state index in [-0.39, 0.29) is 23.2 Å². The lowest BCUT2D eigenvalue weighted by Gasteiger charge is -1.99. The number of carbonyl (C=O) groups is 1. The summed E-state index contributed by atoms with van der Waals surface area (Å²) >= 11 is 7.28. The Hall–Kier alpha value is -2.31. The maximum atomic E-state index is 11.8. The molecule has 1 aromatic heterocycles. The lowest BCUT2D eigenvalue weighted by Crippen LogP contribution is -1.96. The van der Waals surface area contributed by atoms with Crippen LogP contribution in [0.3, 0.4) is 0 Å². The molecule has 7 heteroatoms. The van der Waals surface area contributed by atoms with Crippen molar-refractivity contribution in [2.24, 2.45) is 10.2 Å². The quantitative estimate of drug-likeness (QED) is 0.624. The average Bonchev–Trinajstić information content (AvgIpc) is 2.90. The number of nitrogens with one attached hydrogen (secondary N) is 1. The Morgan fingerprint density at radius 2 is 1.92 bits per heavy atom. The first-order valence-corrected chi connectivity index (χ1v) is 8.73. The van der Waals surface area contributed by atoms with Gasteiger partial charge >= 0.3 is 0 Å². The van der Waals surface area contributed by atoms with Gasteiger partial charge in [-0.05, 0) is 23.8 Å². The van der Waals surface area contributed by atoms with E-state index >= 15 is 0 Å². The van der Waals surface area contributed by atoms with Crippen molar-refractivity contribution in [2.75, 3.05) is 5.75 Å². The van der Waals surface area contributed by atoms with E-state index in [1.165, 1.54) is 11.8 Å². The number of halogens is 1. The minimum Gasteiger partial charge on any atom is -0.493 e. The van der Waals surface area contributed by atoms with Crippen LogP contribution in [0.15, 0.2) is 58.8 Å². The molecule has 0 aliphatic carbocycles. The number of aromatic hydroxyl groups is 1. The van der Waals surface area contributed by atoms with Gasteiger partial charge in [0.15, 0.2) is 5.69 Å². The number of aromatic amines is 1. The van der Waals surface area contributed by atoms with E-state index < -0.39 is 0 Å². The van der Waals surface area contributed by atoms with Gasteiger partial charge in [-0.3, -0.25) is 4.79 Å². The summed E-state index contributed by atoms with van der Waals surface area (Å²) in [4.78, 5) is 14.6. The molecular weight excluding hydrogens is 346 g/mol. The Morgan fingerprint density at radius 3 is 2.71 bits per heavy atom. The second kappa shape index (κ2) is 7.51. The van der Waals surface area contributed by atoms with Gasteiger partial charge in [-0.25, -0.2) is 0 Å². The number of benzene rings is 2. The summed E-state index contributed by atoms with van der Waals surface area (Å²) in [5.41, 5.74) is 2.11. The van der Waals surface area contributed by atoms with E-state index in [1.807, 2.05) is 42.5 Å². The maximum absolute atomic E-state index is 11.8. The van der Waals surface area contributed by atoms with E-state index in [4.69, 9.17) is 11.6 Å². The Morgan fingerprint density at radius 1 is 1.17 bits per heavy atom. The summed E-state index contributed by atoms with van der Waals surface area (Å²) in [7, 11) is 0. The number of H-pyrrole nitrogens is 1. The number of rotatable bonds is 5. The van der Waals surface area contributed by atoms with Crippen molar-refractivity contribution < 1.29 is 9.90 Å². The molecule has 1 heterocycles. The lowest BCUT2D eigenvalue weighted by atomic mass is 10.2. The van der Waals surface area contributed by atoms with Gasteiger partial charge < -0.3 is 10.1 Å². The second-order valence-corrected chi connectivity index (χ2v) is 6.50. The highest BCUT2D eigenvalue weighted by molar-refractivity contribution is 7.99. The first-order valence-electron chi connectivity index (χ1n) is 7.20. The number of aromatic nitrogens is 1. The van der Waals surface area contributed by atoms with Crippen LogP contribution < -0.4 is 0 Å². The summed E-state index contributed by atoms with van der Waals surface area (Å²) in [6, 6.07) is 14.8. The van der Waals surface area contributed by atoms with E-state index in [9.17, 15) is 9.90 Å². The van der Waals surface area contributed by atoms with Gasteiger partial charge in [-0.2, -0.15) is 0 Å². The van der Waals surface area contributed by atoms with Crippen molar-refractivity contribution in [1.82, 2.24) is 4.98 Å². The summed E-state index contributed by atoms with van der Waals surface area (Å²) in [6.45, 7) is 0. The van der Waals surface area contributed by atoms with Crippen molar-refractivity contribution in [3.8, 4) is 5.88 Å². The topological polar surface area (TPSA) is 77.8 Å². The zero-order valence-electron chi connectivity index (χ0n) is 12.6. The number of hydrogen-bond acceptors (Lipinski definition) is 4.